The van der Waals surface area contributed by atoms with E-state index in [1.165, 1.54) is 6.07 Å². The van der Waals surface area contributed by atoms with Crippen molar-refractivity contribution in [2.75, 3.05) is 6.61 Å². The van der Waals surface area contributed by atoms with Gasteiger partial charge in [-0.2, -0.15) is 0 Å². The van der Waals surface area contributed by atoms with Gasteiger partial charge in [-0.15, -0.1) is 12.4 Å². The van der Waals surface area contributed by atoms with Gasteiger partial charge in [-0.3, -0.25) is 0 Å². The molecule has 15 heavy (non-hydrogen) atoms. The average molecular weight is 230 g/mol. The molecule has 0 saturated heterocycles. The Hall–Kier alpha value is -1.26. The van der Waals surface area contributed by atoms with E-state index in [1.807, 2.05) is 0 Å². The van der Waals surface area contributed by atoms with Gasteiger partial charge in [-0.25, -0.2) is 4.79 Å². The van der Waals surface area contributed by atoms with Crippen LogP contribution in [0.3, 0.4) is 0 Å². The van der Waals surface area contributed by atoms with Gasteiger partial charge in [0.2, 0.25) is 0 Å². The molecule has 1 aromatic rings. The molecule has 0 spiro atoms. The van der Waals surface area contributed by atoms with Crippen molar-refractivity contribution in [1.29, 1.82) is 0 Å². The van der Waals surface area contributed by atoms with Crippen LogP contribution in [-0.2, 0) is 0 Å². The van der Waals surface area contributed by atoms with Crippen LogP contribution >= 0.6 is 12.4 Å². The molecule has 0 aromatic heterocycles. The number of nitrogens with two attached hydrogens (primary N) is 1. The summed E-state index contributed by atoms with van der Waals surface area (Å²) in [4.78, 5) is 10.7. The first-order chi connectivity index (χ1) is 6.68. The molecule has 5 heteroatoms. The van der Waals surface area contributed by atoms with Crippen molar-refractivity contribution in [3.8, 4) is 5.75 Å². The van der Waals surface area contributed by atoms with Gasteiger partial charge in [0, 0.05) is 18.0 Å². The van der Waals surface area contributed by atoms with Crippen LogP contribution < -0.4 is 10.5 Å². The Morgan fingerprint density at radius 2 is 2.27 bits per heavy atom. The van der Waals surface area contributed by atoms with Crippen molar-refractivity contribution in [3.63, 3.8) is 0 Å². The molecule has 1 heterocycles. The number of hydrogen-bond donors (Lipinski definition) is 2. The van der Waals surface area contributed by atoms with Gasteiger partial charge in [0.25, 0.3) is 0 Å². The minimum absolute atomic E-state index is 0. The summed E-state index contributed by atoms with van der Waals surface area (Å²) in [5.41, 5.74) is 6.88. The molecular weight excluding hydrogens is 218 g/mol. The zero-order valence-corrected chi connectivity index (χ0v) is 8.79. The summed E-state index contributed by atoms with van der Waals surface area (Å²) in [5.74, 6) is -0.237. The molecule has 0 unspecified atom stereocenters. The summed E-state index contributed by atoms with van der Waals surface area (Å²) in [6.45, 7) is 0.598. The SMILES string of the molecule is Cl.N[C@@H]1CCOc2ccc(C(=O)O)cc21. The van der Waals surface area contributed by atoms with Crippen molar-refractivity contribution in [1.82, 2.24) is 0 Å². The van der Waals surface area contributed by atoms with E-state index in [9.17, 15) is 4.79 Å². The summed E-state index contributed by atoms with van der Waals surface area (Å²) in [5, 5.41) is 8.79. The Morgan fingerprint density at radius 3 is 2.93 bits per heavy atom. The van der Waals surface area contributed by atoms with Gasteiger partial charge in [-0.1, -0.05) is 0 Å². The van der Waals surface area contributed by atoms with Gasteiger partial charge >= 0.3 is 5.97 Å². The maximum absolute atomic E-state index is 10.7. The van der Waals surface area contributed by atoms with Gasteiger partial charge < -0.3 is 15.6 Å². The van der Waals surface area contributed by atoms with E-state index >= 15 is 0 Å². The van der Waals surface area contributed by atoms with E-state index in [2.05, 4.69) is 0 Å². The third-order valence-corrected chi connectivity index (χ3v) is 2.34. The van der Waals surface area contributed by atoms with Crippen LogP contribution in [0.25, 0.3) is 0 Å². The van der Waals surface area contributed by atoms with E-state index in [1.54, 1.807) is 12.1 Å². The van der Waals surface area contributed by atoms with Crippen LogP contribution in [-0.4, -0.2) is 17.7 Å². The molecule has 1 aliphatic rings. The van der Waals surface area contributed by atoms with Crippen molar-refractivity contribution < 1.29 is 14.6 Å². The monoisotopic (exact) mass is 229 g/mol. The number of rotatable bonds is 1. The summed E-state index contributed by atoms with van der Waals surface area (Å²) >= 11 is 0. The molecule has 82 valence electrons. The number of halogens is 1. The largest absolute Gasteiger partial charge is 0.493 e. The molecule has 3 N–H and O–H groups in total. The normalized spacial score (nSPS) is 18.3. The molecule has 2 rings (SSSR count). The molecule has 4 nitrogen and oxygen atoms in total. The van der Waals surface area contributed by atoms with Crippen molar-refractivity contribution in [2.24, 2.45) is 5.73 Å². The molecule has 1 aliphatic heterocycles. The number of carboxylic acids is 1. The standard InChI is InChI=1S/C10H11NO3.ClH/c11-8-3-4-14-9-2-1-6(10(12)13)5-7(8)9;/h1-2,5,8H,3-4,11H2,(H,12,13);1H/t8-;/m1./s1. The predicted molar refractivity (Wildman–Crippen MR) is 57.7 cm³/mol. The number of aromatic carboxylic acids is 1. The lowest BCUT2D eigenvalue weighted by molar-refractivity contribution is 0.0696. The van der Waals surface area contributed by atoms with Crippen molar-refractivity contribution in [2.45, 2.75) is 12.5 Å². The third kappa shape index (κ3) is 2.22. The second kappa shape index (κ2) is 4.51. The number of hydrogen-bond acceptors (Lipinski definition) is 3. The Labute approximate surface area is 93.4 Å². The van der Waals surface area contributed by atoms with Crippen LogP contribution in [0, 0.1) is 0 Å². The molecule has 0 amide bonds. The average Bonchev–Trinajstić information content (AvgIpc) is 2.18. The van der Waals surface area contributed by atoms with E-state index in [-0.39, 0.29) is 24.0 Å². The lowest BCUT2D eigenvalue weighted by Gasteiger charge is -2.22. The van der Waals surface area contributed by atoms with Crippen LogP contribution in [0.1, 0.15) is 28.4 Å². The summed E-state index contributed by atoms with van der Waals surface area (Å²) in [7, 11) is 0. The second-order valence-corrected chi connectivity index (χ2v) is 3.30. The molecule has 0 aliphatic carbocycles. The molecule has 1 aromatic carbocycles. The van der Waals surface area contributed by atoms with Gasteiger partial charge in [-0.05, 0) is 18.2 Å². The lowest BCUT2D eigenvalue weighted by atomic mass is 9.99. The number of carboxylic acid groups (broad SMARTS) is 1. The molecule has 0 bridgehead atoms. The quantitative estimate of drug-likeness (QED) is 0.767. The van der Waals surface area contributed by atoms with E-state index < -0.39 is 5.97 Å². The molecule has 0 radical (unpaired) electrons. The zero-order chi connectivity index (χ0) is 10.1. The van der Waals surface area contributed by atoms with E-state index in [4.69, 9.17) is 15.6 Å². The van der Waals surface area contributed by atoms with E-state index in [0.29, 0.717) is 12.4 Å². The zero-order valence-electron chi connectivity index (χ0n) is 7.97. The first kappa shape index (κ1) is 11.8. The van der Waals surface area contributed by atoms with Crippen molar-refractivity contribution in [3.05, 3.63) is 29.3 Å². The highest BCUT2D eigenvalue weighted by molar-refractivity contribution is 5.88. The molecule has 1 atom stereocenters. The first-order valence-electron chi connectivity index (χ1n) is 4.44. The first-order valence-corrected chi connectivity index (χ1v) is 4.44. The minimum Gasteiger partial charge on any atom is -0.493 e. The fourth-order valence-corrected chi connectivity index (χ4v) is 1.55. The van der Waals surface area contributed by atoms with Crippen molar-refractivity contribution >= 4 is 18.4 Å². The highest BCUT2D eigenvalue weighted by atomic mass is 35.5. The highest BCUT2D eigenvalue weighted by Gasteiger charge is 2.19. The highest BCUT2D eigenvalue weighted by Crippen LogP contribution is 2.30. The minimum atomic E-state index is -0.939. The Bertz CT molecular complexity index is 381. The third-order valence-electron chi connectivity index (χ3n) is 2.34. The Kier molecular flexibility index (Phi) is 3.55. The number of carbonyl (C=O) groups is 1. The van der Waals surface area contributed by atoms with Crippen LogP contribution in [0.4, 0.5) is 0 Å². The second-order valence-electron chi connectivity index (χ2n) is 3.30. The van der Waals surface area contributed by atoms with Crippen LogP contribution in [0.2, 0.25) is 0 Å². The summed E-state index contributed by atoms with van der Waals surface area (Å²) in [6.07, 6.45) is 0.732. The number of fused-ring (bicyclic) bond motifs is 1. The maximum atomic E-state index is 10.7. The van der Waals surface area contributed by atoms with Gasteiger partial charge in [0.15, 0.2) is 0 Å². The predicted octanol–water partition coefficient (Wildman–Crippen LogP) is 1.59. The number of benzene rings is 1. The number of ether oxygens (including phenoxy) is 1. The molecule has 0 saturated carbocycles. The van der Waals surface area contributed by atoms with Gasteiger partial charge in [0.05, 0.1) is 12.2 Å². The smallest absolute Gasteiger partial charge is 0.335 e. The fourth-order valence-electron chi connectivity index (χ4n) is 1.55. The maximum Gasteiger partial charge on any atom is 0.335 e. The molecular formula is C10H12ClNO3. The molecule has 0 fully saturated rings. The fraction of sp³-hybridized carbons (Fsp3) is 0.300. The summed E-state index contributed by atoms with van der Waals surface area (Å²) in [6, 6.07) is 4.66. The van der Waals surface area contributed by atoms with Crippen LogP contribution in [0.5, 0.6) is 5.75 Å². The Balaban J connectivity index is 0.00000112. The Morgan fingerprint density at radius 1 is 1.53 bits per heavy atom. The van der Waals surface area contributed by atoms with E-state index in [0.717, 1.165) is 12.0 Å². The van der Waals surface area contributed by atoms with Crippen LogP contribution in [0.15, 0.2) is 18.2 Å². The topological polar surface area (TPSA) is 72.5 Å². The lowest BCUT2D eigenvalue weighted by Crippen LogP contribution is -2.21. The van der Waals surface area contributed by atoms with Gasteiger partial charge in [0.1, 0.15) is 5.75 Å². The summed E-state index contributed by atoms with van der Waals surface area (Å²) < 4.78 is 5.36.